The lowest BCUT2D eigenvalue weighted by Gasteiger charge is -2.34. The van der Waals surface area contributed by atoms with Gasteiger partial charge in [-0.3, -0.25) is 24.1 Å². The van der Waals surface area contributed by atoms with Gasteiger partial charge >= 0.3 is 6.18 Å². The first-order valence-corrected chi connectivity index (χ1v) is 10.7. The van der Waals surface area contributed by atoms with Crippen LogP contribution < -0.4 is 16.0 Å². The number of amides is 4. The molecule has 188 valence electrons. The summed E-state index contributed by atoms with van der Waals surface area (Å²) >= 11 is 0. The van der Waals surface area contributed by atoms with Crippen LogP contribution in [0.3, 0.4) is 0 Å². The molecule has 0 bridgehead atoms. The summed E-state index contributed by atoms with van der Waals surface area (Å²) in [6, 6.07) is 7.71. The Morgan fingerprint density at radius 1 is 0.886 bits per heavy atom. The summed E-state index contributed by atoms with van der Waals surface area (Å²) in [6.07, 6.45) is -3.26. The van der Waals surface area contributed by atoms with Gasteiger partial charge in [-0.15, -0.1) is 0 Å². The van der Waals surface area contributed by atoms with Crippen molar-refractivity contribution in [3.05, 3.63) is 54.0 Å². The molecule has 3 rings (SSSR count). The van der Waals surface area contributed by atoms with E-state index in [9.17, 15) is 32.3 Å². The Morgan fingerprint density at radius 3 is 2.26 bits per heavy atom. The number of halogens is 3. The number of hydrogen-bond donors (Lipinski definition) is 3. The topological polar surface area (TPSA) is 124 Å². The first-order chi connectivity index (χ1) is 16.6. The van der Waals surface area contributed by atoms with E-state index in [1.807, 2.05) is 0 Å². The van der Waals surface area contributed by atoms with Crippen molar-refractivity contribution in [1.82, 2.24) is 20.4 Å². The van der Waals surface area contributed by atoms with E-state index in [-0.39, 0.29) is 50.1 Å². The average molecular weight is 495 g/mol. The van der Waals surface area contributed by atoms with Crippen molar-refractivity contribution >= 4 is 29.3 Å². The van der Waals surface area contributed by atoms with E-state index in [0.29, 0.717) is 13.1 Å². The number of anilines is 1. The third-order valence-corrected chi connectivity index (χ3v) is 5.19. The van der Waals surface area contributed by atoms with Crippen LogP contribution in [0.5, 0.6) is 0 Å². The first kappa shape index (κ1) is 25.7. The molecule has 4 amide bonds. The number of para-hydroxylation sites is 1. The smallest absolute Gasteiger partial charge is 0.418 e. The van der Waals surface area contributed by atoms with Gasteiger partial charge in [0.05, 0.1) is 37.1 Å². The van der Waals surface area contributed by atoms with Gasteiger partial charge in [-0.1, -0.05) is 12.1 Å². The largest absolute Gasteiger partial charge is 0.459 e. The molecular formula is C22H24F3N5O5. The van der Waals surface area contributed by atoms with Crippen LogP contribution in [0.1, 0.15) is 16.1 Å². The average Bonchev–Trinajstić information content (AvgIpc) is 3.36. The van der Waals surface area contributed by atoms with E-state index in [4.69, 9.17) is 4.42 Å². The molecule has 0 aliphatic carbocycles. The Kier molecular flexibility index (Phi) is 8.47. The molecule has 1 fully saturated rings. The van der Waals surface area contributed by atoms with Crippen LogP contribution in [-0.4, -0.2) is 79.2 Å². The highest BCUT2D eigenvalue weighted by Crippen LogP contribution is 2.34. The molecule has 1 aromatic heterocycles. The maximum Gasteiger partial charge on any atom is 0.418 e. The summed E-state index contributed by atoms with van der Waals surface area (Å²) in [5.74, 6) is -1.97. The zero-order valence-electron chi connectivity index (χ0n) is 18.6. The van der Waals surface area contributed by atoms with E-state index < -0.39 is 29.5 Å². The summed E-state index contributed by atoms with van der Waals surface area (Å²) in [6.45, 7) is 0.546. The van der Waals surface area contributed by atoms with Crippen LogP contribution in [0.2, 0.25) is 0 Å². The Morgan fingerprint density at radius 2 is 1.60 bits per heavy atom. The van der Waals surface area contributed by atoms with Gasteiger partial charge in [0, 0.05) is 26.2 Å². The number of nitrogens with one attached hydrogen (secondary N) is 3. The molecule has 13 heteroatoms. The molecule has 35 heavy (non-hydrogen) atoms. The first-order valence-electron chi connectivity index (χ1n) is 10.7. The van der Waals surface area contributed by atoms with Crippen LogP contribution in [0.15, 0.2) is 47.1 Å². The fourth-order valence-corrected chi connectivity index (χ4v) is 3.39. The molecule has 1 aliphatic rings. The second-order valence-electron chi connectivity index (χ2n) is 7.69. The highest BCUT2D eigenvalue weighted by molar-refractivity contribution is 5.95. The lowest BCUT2D eigenvalue weighted by Crippen LogP contribution is -2.52. The number of carbonyl (C=O) groups is 4. The molecule has 1 aromatic carbocycles. The van der Waals surface area contributed by atoms with Crippen LogP contribution in [0, 0.1) is 0 Å². The van der Waals surface area contributed by atoms with Gasteiger partial charge in [0.2, 0.25) is 17.7 Å². The quantitative estimate of drug-likeness (QED) is 0.501. The lowest BCUT2D eigenvalue weighted by atomic mass is 10.1. The van der Waals surface area contributed by atoms with E-state index >= 15 is 0 Å². The van der Waals surface area contributed by atoms with Gasteiger partial charge in [0.1, 0.15) is 0 Å². The predicted octanol–water partition coefficient (Wildman–Crippen LogP) is 0.927. The zero-order valence-corrected chi connectivity index (χ0v) is 18.6. The summed E-state index contributed by atoms with van der Waals surface area (Å²) in [7, 11) is 0. The predicted molar refractivity (Wildman–Crippen MR) is 117 cm³/mol. The van der Waals surface area contributed by atoms with E-state index in [1.54, 1.807) is 4.90 Å². The van der Waals surface area contributed by atoms with Crippen molar-refractivity contribution < 1.29 is 36.8 Å². The normalized spacial score (nSPS) is 14.3. The number of alkyl halides is 3. The number of carbonyl (C=O) groups excluding carboxylic acids is 4. The van der Waals surface area contributed by atoms with Gasteiger partial charge < -0.3 is 25.3 Å². The molecule has 3 N–H and O–H groups in total. The third-order valence-electron chi connectivity index (χ3n) is 5.19. The van der Waals surface area contributed by atoms with Gasteiger partial charge in [-0.05, 0) is 24.3 Å². The molecule has 0 radical (unpaired) electrons. The minimum absolute atomic E-state index is 0.0602. The van der Waals surface area contributed by atoms with E-state index in [1.165, 1.54) is 41.5 Å². The van der Waals surface area contributed by atoms with Crippen LogP contribution >= 0.6 is 0 Å². The second kappa shape index (κ2) is 11.5. The summed E-state index contributed by atoms with van der Waals surface area (Å²) < 4.78 is 44.1. The molecule has 10 nitrogen and oxygen atoms in total. The standard InChI is InChI=1S/C22H24F3N5O5/c23-22(24,25)15-4-1-2-5-16(15)28-19(32)14-29-7-9-30(10-8-29)20(33)13-26-18(31)12-27-21(34)17-6-3-11-35-17/h1-6,11H,7-10,12-14H2,(H,26,31)(H,27,34)(H,28,32). The maximum absolute atomic E-state index is 13.1. The molecular weight excluding hydrogens is 471 g/mol. The van der Waals surface area contributed by atoms with Crippen molar-refractivity contribution in [3.8, 4) is 0 Å². The van der Waals surface area contributed by atoms with Gasteiger partial charge in [-0.25, -0.2) is 0 Å². The number of nitrogens with zero attached hydrogens (tertiary/aromatic N) is 2. The second-order valence-corrected chi connectivity index (χ2v) is 7.69. The minimum Gasteiger partial charge on any atom is -0.459 e. The van der Waals surface area contributed by atoms with Crippen molar-refractivity contribution in [2.24, 2.45) is 0 Å². The minimum atomic E-state index is -4.59. The number of furan rings is 1. The molecule has 0 atom stereocenters. The van der Waals surface area contributed by atoms with Crippen molar-refractivity contribution in [3.63, 3.8) is 0 Å². The van der Waals surface area contributed by atoms with E-state index in [2.05, 4.69) is 16.0 Å². The van der Waals surface area contributed by atoms with E-state index in [0.717, 1.165) is 6.07 Å². The Labute approximate surface area is 198 Å². The maximum atomic E-state index is 13.1. The number of hydrogen-bond acceptors (Lipinski definition) is 6. The Bertz CT molecular complexity index is 1050. The molecule has 0 spiro atoms. The molecule has 2 aromatic rings. The molecule has 1 aliphatic heterocycles. The number of piperazine rings is 1. The van der Waals surface area contributed by atoms with Gasteiger partial charge in [0.25, 0.3) is 5.91 Å². The SMILES string of the molecule is O=C(CNC(=O)c1ccco1)NCC(=O)N1CCN(CC(=O)Nc2ccccc2C(F)(F)F)CC1. The lowest BCUT2D eigenvalue weighted by molar-refractivity contribution is -0.137. The zero-order chi connectivity index (χ0) is 25.4. The Balaban J connectivity index is 1.36. The van der Waals surface area contributed by atoms with Gasteiger partial charge in [-0.2, -0.15) is 13.2 Å². The fourth-order valence-electron chi connectivity index (χ4n) is 3.39. The van der Waals surface area contributed by atoms with Crippen LogP contribution in [-0.2, 0) is 20.6 Å². The number of benzene rings is 1. The summed E-state index contributed by atoms with van der Waals surface area (Å²) in [4.78, 5) is 51.4. The highest BCUT2D eigenvalue weighted by atomic mass is 19.4. The monoisotopic (exact) mass is 495 g/mol. The third kappa shape index (κ3) is 7.57. The fraction of sp³-hybridized carbons (Fsp3) is 0.364. The van der Waals surface area contributed by atoms with Gasteiger partial charge in [0.15, 0.2) is 5.76 Å². The Hall–Kier alpha value is -3.87. The summed E-state index contributed by atoms with van der Waals surface area (Å²) in [5, 5.41) is 7.08. The van der Waals surface area contributed by atoms with Crippen molar-refractivity contribution in [2.75, 3.05) is 51.1 Å². The van der Waals surface area contributed by atoms with Crippen molar-refractivity contribution in [2.45, 2.75) is 6.18 Å². The molecule has 0 saturated carbocycles. The van der Waals surface area contributed by atoms with Crippen LogP contribution in [0.4, 0.5) is 18.9 Å². The molecule has 1 saturated heterocycles. The van der Waals surface area contributed by atoms with Crippen LogP contribution in [0.25, 0.3) is 0 Å². The summed E-state index contributed by atoms with van der Waals surface area (Å²) in [5.41, 5.74) is -1.23. The molecule has 2 heterocycles. The highest BCUT2D eigenvalue weighted by Gasteiger charge is 2.33. The van der Waals surface area contributed by atoms with Crippen molar-refractivity contribution in [1.29, 1.82) is 0 Å². The molecule has 0 unspecified atom stereocenters. The number of rotatable bonds is 8.